The molecule has 0 spiro atoms. The summed E-state index contributed by atoms with van der Waals surface area (Å²) in [5, 5.41) is 3.13. The van der Waals surface area contributed by atoms with E-state index in [2.05, 4.69) is 28.2 Å². The molecular weight excluding hydrogens is 294 g/mol. The molecule has 3 nitrogen and oxygen atoms in total. The topological polar surface area (TPSA) is 38.3 Å². The van der Waals surface area contributed by atoms with E-state index in [0.29, 0.717) is 18.8 Å². The Hall–Kier alpha value is -0.870. The van der Waals surface area contributed by atoms with Crippen LogP contribution in [0.3, 0.4) is 0 Å². The zero-order valence-electron chi connectivity index (χ0n) is 10.8. The van der Waals surface area contributed by atoms with E-state index in [1.807, 2.05) is 25.1 Å². The Balaban J connectivity index is 2.14. The van der Waals surface area contributed by atoms with Crippen LogP contribution in [0.25, 0.3) is 0 Å². The van der Waals surface area contributed by atoms with Crippen molar-refractivity contribution in [2.45, 2.75) is 32.2 Å². The highest BCUT2D eigenvalue weighted by Crippen LogP contribution is 2.23. The maximum atomic E-state index is 12.3. The van der Waals surface area contributed by atoms with Gasteiger partial charge in [0.1, 0.15) is 0 Å². The van der Waals surface area contributed by atoms with Crippen LogP contribution in [0, 0.1) is 6.92 Å². The van der Waals surface area contributed by atoms with Crippen LogP contribution in [-0.4, -0.2) is 24.7 Å². The largest absolute Gasteiger partial charge is 0.381 e. The third-order valence-electron chi connectivity index (χ3n) is 3.38. The first-order valence-electron chi connectivity index (χ1n) is 6.17. The number of carbonyl (C=O) groups excluding carboxylic acids is 1. The normalized spacial score (nSPS) is 18.4. The Morgan fingerprint density at radius 3 is 2.72 bits per heavy atom. The molecule has 4 heteroatoms. The molecule has 1 heterocycles. The van der Waals surface area contributed by atoms with Crippen LogP contribution in [-0.2, 0) is 4.74 Å². The molecular formula is C14H18BrNO2. The fourth-order valence-corrected chi connectivity index (χ4v) is 2.53. The Labute approximate surface area is 116 Å². The van der Waals surface area contributed by atoms with Gasteiger partial charge in [0.2, 0.25) is 0 Å². The summed E-state index contributed by atoms with van der Waals surface area (Å²) in [6, 6.07) is 5.80. The van der Waals surface area contributed by atoms with E-state index < -0.39 is 0 Å². The fourth-order valence-electron chi connectivity index (χ4n) is 2.10. The standard InChI is InChI=1S/C14H18BrNO2/c1-10-3-4-12(15)11(9-10)13(17)16-14(2)5-7-18-8-6-14/h3-4,9H,5-8H2,1-2H3,(H,16,17). The van der Waals surface area contributed by atoms with Crippen molar-refractivity contribution in [1.29, 1.82) is 0 Å². The molecule has 1 amide bonds. The predicted octanol–water partition coefficient (Wildman–Crippen LogP) is 3.06. The minimum absolute atomic E-state index is 0.0185. The summed E-state index contributed by atoms with van der Waals surface area (Å²) in [5.41, 5.74) is 1.63. The number of benzene rings is 1. The molecule has 18 heavy (non-hydrogen) atoms. The molecule has 98 valence electrons. The average Bonchev–Trinajstić information content (AvgIpc) is 2.32. The molecule has 1 fully saturated rings. The molecule has 0 bridgehead atoms. The first kappa shape index (κ1) is 13.6. The average molecular weight is 312 g/mol. The van der Waals surface area contributed by atoms with Crippen molar-refractivity contribution in [3.05, 3.63) is 33.8 Å². The number of amides is 1. The molecule has 0 aromatic heterocycles. The molecule has 1 aliphatic rings. The number of hydrogen-bond acceptors (Lipinski definition) is 2. The van der Waals surface area contributed by atoms with Crippen LogP contribution in [0.4, 0.5) is 0 Å². The summed E-state index contributed by atoms with van der Waals surface area (Å²) in [6.45, 7) is 5.49. The Morgan fingerprint density at radius 1 is 1.39 bits per heavy atom. The van der Waals surface area contributed by atoms with E-state index in [9.17, 15) is 4.79 Å². The van der Waals surface area contributed by atoms with Crippen LogP contribution in [0.5, 0.6) is 0 Å². The van der Waals surface area contributed by atoms with Gasteiger partial charge in [-0.05, 0) is 54.8 Å². The summed E-state index contributed by atoms with van der Waals surface area (Å²) >= 11 is 3.43. The van der Waals surface area contributed by atoms with Gasteiger partial charge in [-0.1, -0.05) is 11.6 Å². The number of ether oxygens (including phenoxy) is 1. The molecule has 0 atom stereocenters. The van der Waals surface area contributed by atoms with Crippen LogP contribution in [0.1, 0.15) is 35.7 Å². The SMILES string of the molecule is Cc1ccc(Br)c(C(=O)NC2(C)CCOCC2)c1. The van der Waals surface area contributed by atoms with Crippen molar-refractivity contribution in [3.63, 3.8) is 0 Å². The molecule has 0 aliphatic carbocycles. The summed E-state index contributed by atoms with van der Waals surface area (Å²) in [4.78, 5) is 12.3. The van der Waals surface area contributed by atoms with E-state index in [1.165, 1.54) is 0 Å². The second-order valence-electron chi connectivity index (χ2n) is 5.11. The molecule has 1 aromatic carbocycles. The highest BCUT2D eigenvalue weighted by atomic mass is 79.9. The first-order chi connectivity index (χ1) is 8.50. The van der Waals surface area contributed by atoms with Crippen molar-refractivity contribution < 1.29 is 9.53 Å². The van der Waals surface area contributed by atoms with Gasteiger partial charge in [0, 0.05) is 23.2 Å². The highest BCUT2D eigenvalue weighted by molar-refractivity contribution is 9.10. The lowest BCUT2D eigenvalue weighted by Gasteiger charge is -2.34. The Morgan fingerprint density at radius 2 is 2.06 bits per heavy atom. The zero-order chi connectivity index (χ0) is 13.2. The van der Waals surface area contributed by atoms with Gasteiger partial charge in [-0.3, -0.25) is 4.79 Å². The summed E-state index contributed by atoms with van der Waals surface area (Å²) < 4.78 is 6.17. The number of aryl methyl sites for hydroxylation is 1. The van der Waals surface area contributed by atoms with Gasteiger partial charge in [0.15, 0.2) is 0 Å². The van der Waals surface area contributed by atoms with Gasteiger partial charge in [-0.25, -0.2) is 0 Å². The number of halogens is 1. The molecule has 1 aliphatic heterocycles. The molecule has 0 saturated carbocycles. The predicted molar refractivity (Wildman–Crippen MR) is 74.8 cm³/mol. The minimum atomic E-state index is -0.154. The smallest absolute Gasteiger partial charge is 0.252 e. The quantitative estimate of drug-likeness (QED) is 0.911. The van der Waals surface area contributed by atoms with E-state index in [0.717, 1.165) is 22.9 Å². The minimum Gasteiger partial charge on any atom is -0.381 e. The highest BCUT2D eigenvalue weighted by Gasteiger charge is 2.29. The third-order valence-corrected chi connectivity index (χ3v) is 4.07. The molecule has 1 saturated heterocycles. The summed E-state index contributed by atoms with van der Waals surface area (Å²) in [5.74, 6) is -0.0185. The van der Waals surface area contributed by atoms with Crippen molar-refractivity contribution in [1.82, 2.24) is 5.32 Å². The van der Waals surface area contributed by atoms with Gasteiger partial charge in [-0.15, -0.1) is 0 Å². The fraction of sp³-hybridized carbons (Fsp3) is 0.500. The van der Waals surface area contributed by atoms with Gasteiger partial charge < -0.3 is 10.1 Å². The Kier molecular flexibility index (Phi) is 4.07. The molecule has 0 unspecified atom stereocenters. The van der Waals surface area contributed by atoms with Crippen molar-refractivity contribution in [2.75, 3.05) is 13.2 Å². The van der Waals surface area contributed by atoms with E-state index in [4.69, 9.17) is 4.74 Å². The van der Waals surface area contributed by atoms with E-state index in [-0.39, 0.29) is 11.4 Å². The van der Waals surface area contributed by atoms with Gasteiger partial charge in [0.05, 0.1) is 5.56 Å². The molecule has 1 N–H and O–H groups in total. The monoisotopic (exact) mass is 311 g/mol. The summed E-state index contributed by atoms with van der Waals surface area (Å²) in [6.07, 6.45) is 1.73. The lowest BCUT2D eigenvalue weighted by molar-refractivity contribution is 0.0422. The lowest BCUT2D eigenvalue weighted by Crippen LogP contribution is -2.49. The van der Waals surface area contributed by atoms with Crippen molar-refractivity contribution in [2.24, 2.45) is 0 Å². The second kappa shape index (κ2) is 5.41. The Bertz CT molecular complexity index is 453. The molecule has 1 aromatic rings. The van der Waals surface area contributed by atoms with E-state index >= 15 is 0 Å². The van der Waals surface area contributed by atoms with Crippen LogP contribution in [0.15, 0.2) is 22.7 Å². The third kappa shape index (κ3) is 3.12. The van der Waals surface area contributed by atoms with Crippen LogP contribution in [0.2, 0.25) is 0 Å². The number of nitrogens with one attached hydrogen (secondary N) is 1. The maximum Gasteiger partial charge on any atom is 0.252 e. The second-order valence-corrected chi connectivity index (χ2v) is 5.96. The first-order valence-corrected chi connectivity index (χ1v) is 6.96. The van der Waals surface area contributed by atoms with E-state index in [1.54, 1.807) is 0 Å². The summed E-state index contributed by atoms with van der Waals surface area (Å²) in [7, 11) is 0. The molecule has 2 rings (SSSR count). The van der Waals surface area contributed by atoms with Crippen molar-refractivity contribution in [3.8, 4) is 0 Å². The van der Waals surface area contributed by atoms with Gasteiger partial charge in [0.25, 0.3) is 5.91 Å². The number of rotatable bonds is 2. The van der Waals surface area contributed by atoms with Crippen LogP contribution < -0.4 is 5.32 Å². The number of carbonyl (C=O) groups is 1. The maximum absolute atomic E-state index is 12.3. The number of hydrogen-bond donors (Lipinski definition) is 1. The zero-order valence-corrected chi connectivity index (χ0v) is 12.3. The lowest BCUT2D eigenvalue weighted by atomic mass is 9.92. The van der Waals surface area contributed by atoms with Gasteiger partial charge in [-0.2, -0.15) is 0 Å². The van der Waals surface area contributed by atoms with Crippen LogP contribution >= 0.6 is 15.9 Å². The van der Waals surface area contributed by atoms with Crippen molar-refractivity contribution >= 4 is 21.8 Å². The van der Waals surface area contributed by atoms with Gasteiger partial charge >= 0.3 is 0 Å². The molecule has 0 radical (unpaired) electrons.